The SMILES string of the molecule is COCCNc1nccc(-c2[nH]c(-c3c(Cl)cc(COCOCCOC)cc3Cl)nc2-c2cccc(Br)c2)n1. The smallest absolute Gasteiger partial charge is 0.223 e. The van der Waals surface area contributed by atoms with Gasteiger partial charge in [-0.2, -0.15) is 0 Å². The molecule has 0 atom stereocenters. The van der Waals surface area contributed by atoms with Gasteiger partial charge in [-0.25, -0.2) is 15.0 Å². The number of nitrogens with one attached hydrogen (secondary N) is 2. The molecule has 2 N–H and O–H groups in total. The van der Waals surface area contributed by atoms with Crippen molar-refractivity contribution in [1.82, 2.24) is 19.9 Å². The van der Waals surface area contributed by atoms with Crippen molar-refractivity contribution in [2.24, 2.45) is 0 Å². The molecule has 0 saturated carbocycles. The molecule has 0 aliphatic heterocycles. The molecule has 4 aromatic rings. The number of hydrogen-bond donors (Lipinski definition) is 2. The van der Waals surface area contributed by atoms with Crippen molar-refractivity contribution < 1.29 is 18.9 Å². The van der Waals surface area contributed by atoms with Crippen molar-refractivity contribution in [3.8, 4) is 34.0 Å². The predicted octanol–water partition coefficient (Wildman–Crippen LogP) is 6.47. The summed E-state index contributed by atoms with van der Waals surface area (Å²) in [7, 11) is 3.26. The van der Waals surface area contributed by atoms with Crippen LogP contribution in [0.15, 0.2) is 53.1 Å². The highest BCUT2D eigenvalue weighted by atomic mass is 79.9. The monoisotopic (exact) mass is 635 g/mol. The first-order chi connectivity index (χ1) is 19.0. The molecule has 0 aliphatic rings. The van der Waals surface area contributed by atoms with Crippen molar-refractivity contribution in [1.29, 1.82) is 0 Å². The molecule has 0 radical (unpaired) electrons. The van der Waals surface area contributed by atoms with Gasteiger partial charge in [0.1, 0.15) is 12.6 Å². The number of anilines is 1. The third-order valence-electron chi connectivity index (χ3n) is 5.51. The van der Waals surface area contributed by atoms with Crippen LogP contribution in [-0.4, -0.2) is 67.3 Å². The molecule has 12 heteroatoms. The molecule has 2 aromatic carbocycles. The van der Waals surface area contributed by atoms with E-state index in [1.807, 2.05) is 30.3 Å². The number of rotatable bonds is 14. The van der Waals surface area contributed by atoms with E-state index in [1.54, 1.807) is 32.5 Å². The Labute approximate surface area is 245 Å². The Morgan fingerprint density at radius 3 is 2.49 bits per heavy atom. The molecular formula is C27H28BrCl2N5O4. The topological polar surface area (TPSA) is 103 Å². The minimum Gasteiger partial charge on any atom is -0.383 e. The fourth-order valence-electron chi connectivity index (χ4n) is 3.72. The second-order valence-electron chi connectivity index (χ2n) is 8.31. The summed E-state index contributed by atoms with van der Waals surface area (Å²) in [5.41, 5.74) is 4.33. The Bertz CT molecular complexity index is 1370. The number of methoxy groups -OCH3 is 2. The summed E-state index contributed by atoms with van der Waals surface area (Å²) < 4.78 is 21.9. The van der Waals surface area contributed by atoms with Crippen LogP contribution in [0.25, 0.3) is 34.0 Å². The molecule has 0 aliphatic carbocycles. The number of hydrogen-bond acceptors (Lipinski definition) is 8. The summed E-state index contributed by atoms with van der Waals surface area (Å²) in [5, 5.41) is 4.03. The Balaban J connectivity index is 1.66. The van der Waals surface area contributed by atoms with Crippen LogP contribution in [0.3, 0.4) is 0 Å². The average molecular weight is 637 g/mol. The number of ether oxygens (including phenoxy) is 4. The summed E-state index contributed by atoms with van der Waals surface area (Å²) in [5.74, 6) is 0.991. The van der Waals surface area contributed by atoms with Crippen LogP contribution in [0, 0.1) is 0 Å². The number of benzene rings is 2. The lowest BCUT2D eigenvalue weighted by atomic mass is 10.1. The zero-order valence-electron chi connectivity index (χ0n) is 21.5. The Hall–Kier alpha value is -2.57. The van der Waals surface area contributed by atoms with E-state index in [4.69, 9.17) is 47.1 Å². The van der Waals surface area contributed by atoms with E-state index in [0.717, 1.165) is 15.6 Å². The minimum atomic E-state index is 0.138. The Kier molecular flexibility index (Phi) is 11.1. The van der Waals surface area contributed by atoms with Crippen LogP contribution in [0.2, 0.25) is 10.0 Å². The Morgan fingerprint density at radius 2 is 1.74 bits per heavy atom. The first-order valence-corrected chi connectivity index (χ1v) is 13.6. The second kappa shape index (κ2) is 14.7. The lowest BCUT2D eigenvalue weighted by Crippen LogP contribution is -2.10. The van der Waals surface area contributed by atoms with Crippen molar-refractivity contribution >= 4 is 45.1 Å². The lowest BCUT2D eigenvalue weighted by molar-refractivity contribution is -0.0724. The standard InChI is InChI=1S/C27H28BrCl2N5O4/c1-36-9-8-32-27-31-7-6-22(33-27)25-24(18-4-3-5-19(28)14-18)34-26(35-25)23-20(29)12-17(13-21(23)30)15-39-16-38-11-10-37-2/h3-7,12-14H,8-11,15-16H2,1-2H3,(H,34,35)(H,31,32,33). The van der Waals surface area contributed by atoms with E-state index >= 15 is 0 Å². The number of aromatic nitrogens is 4. The van der Waals surface area contributed by atoms with Crippen LogP contribution < -0.4 is 5.32 Å². The van der Waals surface area contributed by atoms with E-state index in [-0.39, 0.29) is 6.79 Å². The summed E-state index contributed by atoms with van der Waals surface area (Å²) in [6.07, 6.45) is 1.69. The summed E-state index contributed by atoms with van der Waals surface area (Å²) in [4.78, 5) is 17.3. The molecular weight excluding hydrogens is 609 g/mol. The van der Waals surface area contributed by atoms with Gasteiger partial charge in [0.15, 0.2) is 0 Å². The first-order valence-electron chi connectivity index (χ1n) is 12.0. The second-order valence-corrected chi connectivity index (χ2v) is 10.0. The zero-order valence-corrected chi connectivity index (χ0v) is 24.6. The maximum Gasteiger partial charge on any atom is 0.223 e. The third kappa shape index (κ3) is 7.98. The molecule has 0 saturated heterocycles. The molecule has 0 bridgehead atoms. The maximum absolute atomic E-state index is 6.72. The number of imidazole rings is 1. The molecule has 0 fully saturated rings. The summed E-state index contributed by atoms with van der Waals surface area (Å²) in [6, 6.07) is 13.3. The molecule has 9 nitrogen and oxygen atoms in total. The van der Waals surface area contributed by atoms with Gasteiger partial charge in [-0.1, -0.05) is 51.3 Å². The van der Waals surface area contributed by atoms with Gasteiger partial charge in [-0.05, 0) is 35.9 Å². The molecule has 0 unspecified atom stereocenters. The van der Waals surface area contributed by atoms with Gasteiger partial charge in [0.2, 0.25) is 5.95 Å². The number of aromatic amines is 1. The molecule has 0 spiro atoms. The fourth-order valence-corrected chi connectivity index (χ4v) is 4.83. The average Bonchev–Trinajstić information content (AvgIpc) is 3.36. The van der Waals surface area contributed by atoms with Gasteiger partial charge < -0.3 is 29.2 Å². The normalized spacial score (nSPS) is 11.2. The number of halogens is 3. The van der Waals surface area contributed by atoms with E-state index in [1.165, 1.54) is 0 Å². The van der Waals surface area contributed by atoms with E-state index in [2.05, 4.69) is 36.2 Å². The van der Waals surface area contributed by atoms with E-state index in [0.29, 0.717) is 77.4 Å². The van der Waals surface area contributed by atoms with Gasteiger partial charge >= 0.3 is 0 Å². The highest BCUT2D eigenvalue weighted by Gasteiger charge is 2.21. The molecule has 2 heterocycles. The van der Waals surface area contributed by atoms with Crippen LogP contribution >= 0.6 is 39.1 Å². The van der Waals surface area contributed by atoms with Crippen molar-refractivity contribution in [2.45, 2.75) is 6.61 Å². The largest absolute Gasteiger partial charge is 0.383 e. The highest BCUT2D eigenvalue weighted by molar-refractivity contribution is 9.10. The van der Waals surface area contributed by atoms with Crippen molar-refractivity contribution in [2.75, 3.05) is 52.7 Å². The minimum absolute atomic E-state index is 0.138. The van der Waals surface area contributed by atoms with Crippen molar-refractivity contribution in [3.63, 3.8) is 0 Å². The van der Waals surface area contributed by atoms with Gasteiger partial charge in [-0.3, -0.25) is 0 Å². The van der Waals surface area contributed by atoms with Crippen LogP contribution in [0.1, 0.15) is 5.56 Å². The van der Waals surface area contributed by atoms with E-state index in [9.17, 15) is 0 Å². The number of nitrogens with zero attached hydrogens (tertiary/aromatic N) is 3. The molecule has 39 heavy (non-hydrogen) atoms. The predicted molar refractivity (Wildman–Crippen MR) is 156 cm³/mol. The fraction of sp³-hybridized carbons (Fsp3) is 0.296. The van der Waals surface area contributed by atoms with Crippen LogP contribution in [0.4, 0.5) is 5.95 Å². The Morgan fingerprint density at radius 1 is 0.949 bits per heavy atom. The summed E-state index contributed by atoms with van der Waals surface area (Å²) >= 11 is 17.0. The van der Waals surface area contributed by atoms with Gasteiger partial charge in [-0.15, -0.1) is 0 Å². The van der Waals surface area contributed by atoms with Crippen LogP contribution in [-0.2, 0) is 25.6 Å². The molecule has 0 amide bonds. The zero-order chi connectivity index (χ0) is 27.6. The van der Waals surface area contributed by atoms with Crippen LogP contribution in [0.5, 0.6) is 0 Å². The summed E-state index contributed by atoms with van der Waals surface area (Å²) in [6.45, 7) is 2.49. The van der Waals surface area contributed by atoms with Crippen molar-refractivity contribution in [3.05, 3.63) is 68.7 Å². The molecule has 206 valence electrons. The highest BCUT2D eigenvalue weighted by Crippen LogP contribution is 2.39. The van der Waals surface area contributed by atoms with Gasteiger partial charge in [0.05, 0.1) is 59.1 Å². The third-order valence-corrected chi connectivity index (χ3v) is 6.60. The maximum atomic E-state index is 6.72. The van der Waals surface area contributed by atoms with Gasteiger partial charge in [0, 0.05) is 37.0 Å². The molecule has 2 aromatic heterocycles. The van der Waals surface area contributed by atoms with Gasteiger partial charge in [0.25, 0.3) is 0 Å². The first kappa shape index (κ1) is 29.4. The lowest BCUT2D eigenvalue weighted by Gasteiger charge is -2.09. The van der Waals surface area contributed by atoms with E-state index < -0.39 is 0 Å². The molecule has 4 rings (SSSR count). The quantitative estimate of drug-likeness (QED) is 0.120. The number of H-pyrrole nitrogens is 1.